The van der Waals surface area contributed by atoms with Gasteiger partial charge in [0, 0.05) is 31.1 Å². The fraction of sp³-hybridized carbons (Fsp3) is 0.769. The minimum absolute atomic E-state index is 0.366. The number of imidazole rings is 1. The number of rotatable bonds is 6. The molecule has 4 nitrogen and oxygen atoms in total. The van der Waals surface area contributed by atoms with E-state index in [1.807, 2.05) is 6.92 Å². The molecule has 1 fully saturated rings. The van der Waals surface area contributed by atoms with Crippen LogP contribution >= 0.6 is 11.8 Å². The van der Waals surface area contributed by atoms with Crippen LogP contribution in [0.5, 0.6) is 0 Å². The summed E-state index contributed by atoms with van der Waals surface area (Å²) in [7, 11) is 1.72. The molecule has 1 aliphatic heterocycles. The van der Waals surface area contributed by atoms with Gasteiger partial charge in [-0.15, -0.1) is 0 Å². The third-order valence-corrected chi connectivity index (χ3v) is 4.81. The number of hydrogen-bond donors (Lipinski definition) is 1. The Morgan fingerprint density at radius 2 is 2.44 bits per heavy atom. The summed E-state index contributed by atoms with van der Waals surface area (Å²) in [5, 5.41) is 3.34. The van der Waals surface area contributed by atoms with Crippen LogP contribution in [0.15, 0.2) is 6.20 Å². The molecule has 0 aliphatic carbocycles. The molecule has 1 aromatic rings. The molecule has 0 amide bonds. The zero-order valence-corrected chi connectivity index (χ0v) is 12.3. The van der Waals surface area contributed by atoms with Crippen molar-refractivity contribution in [3.8, 4) is 0 Å². The lowest BCUT2D eigenvalue weighted by molar-refractivity contribution is 0.210. The number of aromatic nitrogens is 2. The molecule has 0 spiro atoms. The number of nitrogens with one attached hydrogen (secondary N) is 1. The Bertz CT molecular complexity index is 386. The number of hydrogen-bond acceptors (Lipinski definition) is 4. The highest BCUT2D eigenvalue weighted by molar-refractivity contribution is 8.00. The summed E-state index contributed by atoms with van der Waals surface area (Å²) in [5.41, 5.74) is 1.07. The lowest BCUT2D eigenvalue weighted by Crippen LogP contribution is -2.25. The van der Waals surface area contributed by atoms with E-state index in [4.69, 9.17) is 4.74 Å². The third-order valence-electron chi connectivity index (χ3n) is 3.29. The van der Waals surface area contributed by atoms with E-state index in [9.17, 15) is 0 Å². The van der Waals surface area contributed by atoms with Crippen LogP contribution in [0.25, 0.3) is 0 Å². The van der Waals surface area contributed by atoms with Crippen molar-refractivity contribution in [2.24, 2.45) is 0 Å². The number of aryl methyl sites for hydroxylation is 1. The minimum atomic E-state index is 0.366. The van der Waals surface area contributed by atoms with Gasteiger partial charge in [0.15, 0.2) is 0 Å². The average Bonchev–Trinajstić information content (AvgIpc) is 2.87. The van der Waals surface area contributed by atoms with E-state index in [0.717, 1.165) is 24.7 Å². The fourth-order valence-corrected chi connectivity index (χ4v) is 3.70. The summed E-state index contributed by atoms with van der Waals surface area (Å²) >= 11 is 2.08. The molecule has 0 aromatic carbocycles. The number of nitrogens with zero attached hydrogens (tertiary/aromatic N) is 2. The van der Waals surface area contributed by atoms with Crippen molar-refractivity contribution in [2.75, 3.05) is 31.3 Å². The van der Waals surface area contributed by atoms with Crippen LogP contribution < -0.4 is 5.32 Å². The van der Waals surface area contributed by atoms with E-state index >= 15 is 0 Å². The second kappa shape index (κ2) is 5.97. The Balaban J connectivity index is 2.02. The van der Waals surface area contributed by atoms with E-state index in [1.54, 1.807) is 7.11 Å². The Morgan fingerprint density at radius 1 is 1.61 bits per heavy atom. The first-order valence-electron chi connectivity index (χ1n) is 6.53. The molecule has 1 atom stereocenters. The lowest BCUT2D eigenvalue weighted by atomic mass is 10.1. The average molecular weight is 269 g/mol. The predicted molar refractivity (Wildman–Crippen MR) is 77.4 cm³/mol. The standard InChI is InChI=1S/C13H23N3OS/c1-11-9-16(10-13(2)5-4-8-18-13)12(15-11)14-6-7-17-3/h9H,4-8,10H2,1-3H3,(H,14,15). The largest absolute Gasteiger partial charge is 0.383 e. The summed E-state index contributed by atoms with van der Waals surface area (Å²) in [6.45, 7) is 6.95. The molecule has 1 aliphatic rings. The third kappa shape index (κ3) is 3.42. The zero-order chi connectivity index (χ0) is 13.0. The highest BCUT2D eigenvalue weighted by Crippen LogP contribution is 2.39. The van der Waals surface area contributed by atoms with E-state index in [-0.39, 0.29) is 0 Å². The van der Waals surface area contributed by atoms with Crippen molar-refractivity contribution >= 4 is 17.7 Å². The van der Waals surface area contributed by atoms with E-state index in [2.05, 4.69) is 39.8 Å². The molecule has 2 heterocycles. The molecule has 1 saturated heterocycles. The van der Waals surface area contributed by atoms with Gasteiger partial charge in [0.05, 0.1) is 12.3 Å². The van der Waals surface area contributed by atoms with Gasteiger partial charge in [0.2, 0.25) is 5.95 Å². The first-order chi connectivity index (χ1) is 8.63. The molecule has 5 heteroatoms. The molecule has 1 N–H and O–H groups in total. The van der Waals surface area contributed by atoms with Gasteiger partial charge in [-0.2, -0.15) is 11.8 Å². The van der Waals surface area contributed by atoms with Gasteiger partial charge in [-0.05, 0) is 32.4 Å². The number of methoxy groups -OCH3 is 1. The van der Waals surface area contributed by atoms with Gasteiger partial charge in [0.1, 0.15) is 0 Å². The summed E-state index contributed by atoms with van der Waals surface area (Å²) in [5.74, 6) is 2.26. The summed E-state index contributed by atoms with van der Waals surface area (Å²) in [6, 6.07) is 0. The molecular weight excluding hydrogens is 246 g/mol. The Kier molecular flexibility index (Phi) is 4.56. The van der Waals surface area contributed by atoms with Crippen molar-refractivity contribution in [3.05, 3.63) is 11.9 Å². The maximum absolute atomic E-state index is 5.06. The Morgan fingerprint density at radius 3 is 3.11 bits per heavy atom. The zero-order valence-electron chi connectivity index (χ0n) is 11.5. The minimum Gasteiger partial charge on any atom is -0.383 e. The van der Waals surface area contributed by atoms with Gasteiger partial charge >= 0.3 is 0 Å². The van der Waals surface area contributed by atoms with Crippen molar-refractivity contribution in [1.82, 2.24) is 9.55 Å². The van der Waals surface area contributed by atoms with Crippen LogP contribution in [0.1, 0.15) is 25.5 Å². The molecule has 0 bridgehead atoms. The summed E-state index contributed by atoms with van der Waals surface area (Å²) < 4.78 is 7.68. The van der Waals surface area contributed by atoms with E-state index < -0.39 is 0 Å². The normalized spacial score (nSPS) is 23.5. The van der Waals surface area contributed by atoms with Crippen molar-refractivity contribution in [3.63, 3.8) is 0 Å². The topological polar surface area (TPSA) is 39.1 Å². The van der Waals surface area contributed by atoms with Gasteiger partial charge in [-0.25, -0.2) is 4.98 Å². The molecule has 102 valence electrons. The van der Waals surface area contributed by atoms with E-state index in [1.165, 1.54) is 18.6 Å². The molecule has 18 heavy (non-hydrogen) atoms. The summed E-state index contributed by atoms with van der Waals surface area (Å²) in [4.78, 5) is 4.54. The van der Waals surface area contributed by atoms with Crippen molar-refractivity contribution in [2.45, 2.75) is 38.0 Å². The van der Waals surface area contributed by atoms with Crippen LogP contribution in [-0.4, -0.2) is 40.3 Å². The number of thioether (sulfide) groups is 1. The summed E-state index contributed by atoms with van der Waals surface area (Å²) in [6.07, 6.45) is 4.77. The van der Waals surface area contributed by atoms with Crippen molar-refractivity contribution < 1.29 is 4.74 Å². The lowest BCUT2D eigenvalue weighted by Gasteiger charge is -2.24. The highest BCUT2D eigenvalue weighted by Gasteiger charge is 2.30. The van der Waals surface area contributed by atoms with Crippen LogP contribution in [0, 0.1) is 6.92 Å². The van der Waals surface area contributed by atoms with Crippen LogP contribution in [0.2, 0.25) is 0 Å². The van der Waals surface area contributed by atoms with Crippen molar-refractivity contribution in [1.29, 1.82) is 0 Å². The van der Waals surface area contributed by atoms with Crippen LogP contribution in [0.4, 0.5) is 5.95 Å². The van der Waals surface area contributed by atoms with E-state index in [0.29, 0.717) is 11.4 Å². The highest BCUT2D eigenvalue weighted by atomic mass is 32.2. The molecule has 0 saturated carbocycles. The monoisotopic (exact) mass is 269 g/mol. The van der Waals surface area contributed by atoms with Gasteiger partial charge in [0.25, 0.3) is 0 Å². The molecule has 0 radical (unpaired) electrons. The van der Waals surface area contributed by atoms with Gasteiger partial charge in [-0.1, -0.05) is 0 Å². The Hall–Kier alpha value is -0.680. The molecule has 1 aromatic heterocycles. The second-order valence-corrected chi connectivity index (χ2v) is 6.84. The van der Waals surface area contributed by atoms with Gasteiger partial charge < -0.3 is 14.6 Å². The first kappa shape index (κ1) is 13.7. The quantitative estimate of drug-likeness (QED) is 0.806. The SMILES string of the molecule is COCCNc1nc(C)cn1CC1(C)CCCS1. The smallest absolute Gasteiger partial charge is 0.203 e. The molecular formula is C13H23N3OS. The fourth-order valence-electron chi connectivity index (χ4n) is 2.40. The number of anilines is 1. The molecule has 2 rings (SSSR count). The van der Waals surface area contributed by atoms with Crippen LogP contribution in [0.3, 0.4) is 0 Å². The van der Waals surface area contributed by atoms with Gasteiger partial charge in [-0.3, -0.25) is 0 Å². The molecule has 1 unspecified atom stereocenters. The Labute approximate surface area is 114 Å². The number of ether oxygens (including phenoxy) is 1. The maximum atomic E-state index is 5.06. The first-order valence-corrected chi connectivity index (χ1v) is 7.52. The van der Waals surface area contributed by atoms with Crippen LogP contribution in [-0.2, 0) is 11.3 Å². The second-order valence-electron chi connectivity index (χ2n) is 5.16. The predicted octanol–water partition coefficient (Wildman–Crippen LogP) is 2.54. The maximum Gasteiger partial charge on any atom is 0.203 e.